The number of fused-ring (bicyclic) bond motifs is 6. The molecule has 11 rings (SSSR count). The summed E-state index contributed by atoms with van der Waals surface area (Å²) < 4.78 is 6.71. The topological polar surface area (TPSA) is 16.4 Å². The predicted molar refractivity (Wildman–Crippen MR) is 248 cm³/mol. The minimum atomic E-state index is -0.157. The number of para-hydroxylation sites is 2. The smallest absolute Gasteiger partial charge is 0.143 e. The van der Waals surface area contributed by atoms with Crippen LogP contribution in [-0.4, -0.2) is 0 Å². The van der Waals surface area contributed by atoms with E-state index in [1.165, 1.54) is 50.1 Å². The van der Waals surface area contributed by atoms with Gasteiger partial charge in [-0.3, -0.25) is 0 Å². The Bertz CT molecular complexity index is 3170. The van der Waals surface area contributed by atoms with Crippen LogP contribution in [-0.2, 0) is 5.41 Å². The zero-order chi connectivity index (χ0) is 39.5. The van der Waals surface area contributed by atoms with Crippen molar-refractivity contribution in [2.75, 3.05) is 4.90 Å². The molecule has 1 heterocycles. The molecule has 0 unspecified atom stereocenters. The summed E-state index contributed by atoms with van der Waals surface area (Å²) in [4.78, 5) is 2.45. The molecule has 0 amide bonds. The van der Waals surface area contributed by atoms with Gasteiger partial charge in [-0.05, 0) is 98.1 Å². The Morgan fingerprint density at radius 1 is 0.356 bits per heavy atom. The van der Waals surface area contributed by atoms with E-state index in [1.54, 1.807) is 0 Å². The quantitative estimate of drug-likeness (QED) is 0.161. The van der Waals surface area contributed by atoms with Gasteiger partial charge in [0.15, 0.2) is 0 Å². The zero-order valence-electron chi connectivity index (χ0n) is 33.1. The van der Waals surface area contributed by atoms with Crippen LogP contribution in [0.4, 0.5) is 17.1 Å². The average Bonchev–Trinajstić information content (AvgIpc) is 3.79. The molecule has 1 aromatic heterocycles. The van der Waals surface area contributed by atoms with Gasteiger partial charge in [-0.15, -0.1) is 0 Å². The predicted octanol–water partition coefficient (Wildman–Crippen LogP) is 16.0. The van der Waals surface area contributed by atoms with Gasteiger partial charge >= 0.3 is 0 Å². The summed E-state index contributed by atoms with van der Waals surface area (Å²) in [7, 11) is 0. The van der Waals surface area contributed by atoms with Crippen molar-refractivity contribution >= 4 is 39.0 Å². The molecule has 1 aliphatic carbocycles. The molecule has 0 radical (unpaired) electrons. The second kappa shape index (κ2) is 13.9. The van der Waals surface area contributed by atoms with Gasteiger partial charge in [-0.1, -0.05) is 184 Å². The molecule has 0 fully saturated rings. The number of benzene rings is 9. The van der Waals surface area contributed by atoms with E-state index in [1.807, 2.05) is 6.07 Å². The summed E-state index contributed by atoms with van der Waals surface area (Å²) in [5.74, 6) is 0. The molecule has 2 nitrogen and oxygen atoms in total. The lowest BCUT2D eigenvalue weighted by Crippen LogP contribution is -2.17. The Hall–Kier alpha value is -7.42. The van der Waals surface area contributed by atoms with Crippen LogP contribution in [0.3, 0.4) is 0 Å². The maximum Gasteiger partial charge on any atom is 0.143 e. The summed E-state index contributed by atoms with van der Waals surface area (Å²) in [6.45, 7) is 4.71. The van der Waals surface area contributed by atoms with E-state index < -0.39 is 0 Å². The van der Waals surface area contributed by atoms with Crippen molar-refractivity contribution in [3.8, 4) is 55.6 Å². The Balaban J connectivity index is 1.14. The Labute approximate surface area is 345 Å². The van der Waals surface area contributed by atoms with E-state index in [-0.39, 0.29) is 5.41 Å². The maximum atomic E-state index is 6.71. The maximum absolute atomic E-state index is 6.71. The van der Waals surface area contributed by atoms with Crippen molar-refractivity contribution in [1.82, 2.24) is 0 Å². The molecule has 59 heavy (non-hydrogen) atoms. The molecule has 0 saturated carbocycles. The first-order chi connectivity index (χ1) is 29.0. The summed E-state index contributed by atoms with van der Waals surface area (Å²) in [6, 6.07) is 76.9. The van der Waals surface area contributed by atoms with Gasteiger partial charge in [0.05, 0.1) is 5.69 Å². The SMILES string of the molecule is CC1(C)c2ccccc2-c2ccc(N(c3ccc(-c4cccc(-c5ccccc5)c4)cc3)c3cc(-c4ccccc4)ccc3-c3cccc4c3oc3ccccc34)cc21. The monoisotopic (exact) mass is 755 g/mol. The van der Waals surface area contributed by atoms with Crippen molar-refractivity contribution in [2.45, 2.75) is 19.3 Å². The molecule has 0 atom stereocenters. The largest absolute Gasteiger partial charge is 0.455 e. The molecule has 9 aromatic carbocycles. The second-order valence-corrected chi connectivity index (χ2v) is 16.1. The molecule has 1 aliphatic rings. The first kappa shape index (κ1) is 34.8. The van der Waals surface area contributed by atoms with Crippen LogP contribution >= 0.6 is 0 Å². The van der Waals surface area contributed by atoms with E-state index in [9.17, 15) is 0 Å². The molecule has 2 heteroatoms. The number of nitrogens with zero attached hydrogens (tertiary/aromatic N) is 1. The Morgan fingerprint density at radius 2 is 0.881 bits per heavy atom. The molecular weight excluding hydrogens is 715 g/mol. The number of hydrogen-bond acceptors (Lipinski definition) is 2. The van der Waals surface area contributed by atoms with Gasteiger partial charge in [-0.2, -0.15) is 0 Å². The highest BCUT2D eigenvalue weighted by Crippen LogP contribution is 2.52. The minimum Gasteiger partial charge on any atom is -0.455 e. The van der Waals surface area contributed by atoms with Crippen molar-refractivity contribution in [3.05, 3.63) is 223 Å². The van der Waals surface area contributed by atoms with Crippen LogP contribution in [0.5, 0.6) is 0 Å². The zero-order valence-corrected chi connectivity index (χ0v) is 33.1. The van der Waals surface area contributed by atoms with Gasteiger partial charge in [0, 0.05) is 38.7 Å². The fourth-order valence-electron chi connectivity index (χ4n) is 9.28. The number of furan rings is 1. The summed E-state index contributed by atoms with van der Waals surface area (Å²) >= 11 is 0. The standard InChI is InChI=1S/C57H41NO/c1-57(2)52-25-11-9-21-46(52)47-34-32-45(37-53(47)57)58(44-30-27-40(28-31-44)42-20-13-19-41(35-42)38-15-5-3-6-16-38)54-36-43(39-17-7-4-8-18-39)29-33-48(54)50-23-14-24-51-49-22-10-12-26-55(49)59-56(50)51/h3-37H,1-2H3. The highest BCUT2D eigenvalue weighted by Gasteiger charge is 2.36. The minimum absolute atomic E-state index is 0.157. The normalized spacial score (nSPS) is 12.7. The Morgan fingerprint density at radius 3 is 1.64 bits per heavy atom. The lowest BCUT2D eigenvalue weighted by Gasteiger charge is -2.30. The second-order valence-electron chi connectivity index (χ2n) is 16.1. The molecule has 0 aliphatic heterocycles. The van der Waals surface area contributed by atoms with Crippen LogP contribution in [0.25, 0.3) is 77.6 Å². The van der Waals surface area contributed by atoms with Crippen LogP contribution in [0.1, 0.15) is 25.0 Å². The highest BCUT2D eigenvalue weighted by atomic mass is 16.3. The van der Waals surface area contributed by atoms with Gasteiger partial charge in [0.25, 0.3) is 0 Å². The summed E-state index contributed by atoms with van der Waals surface area (Å²) in [5, 5.41) is 2.23. The number of anilines is 3. The molecule has 0 spiro atoms. The summed E-state index contributed by atoms with van der Waals surface area (Å²) in [6.07, 6.45) is 0. The fourth-order valence-corrected chi connectivity index (χ4v) is 9.28. The third-order valence-electron chi connectivity index (χ3n) is 12.3. The van der Waals surface area contributed by atoms with Crippen molar-refractivity contribution < 1.29 is 4.42 Å². The Kier molecular flexibility index (Phi) is 8.20. The molecule has 0 N–H and O–H groups in total. The molecule has 0 bridgehead atoms. The average molecular weight is 756 g/mol. The van der Waals surface area contributed by atoms with Gasteiger partial charge in [0.2, 0.25) is 0 Å². The third-order valence-corrected chi connectivity index (χ3v) is 12.3. The number of hydrogen-bond donors (Lipinski definition) is 0. The van der Waals surface area contributed by atoms with E-state index in [0.717, 1.165) is 55.7 Å². The van der Waals surface area contributed by atoms with E-state index in [4.69, 9.17) is 4.42 Å². The van der Waals surface area contributed by atoms with Crippen LogP contribution in [0, 0.1) is 0 Å². The first-order valence-electron chi connectivity index (χ1n) is 20.4. The molecule has 10 aromatic rings. The third kappa shape index (κ3) is 5.87. The molecule has 280 valence electrons. The van der Waals surface area contributed by atoms with Crippen LogP contribution in [0.2, 0.25) is 0 Å². The molecule has 0 saturated heterocycles. The lowest BCUT2D eigenvalue weighted by molar-refractivity contribution is 0.660. The van der Waals surface area contributed by atoms with E-state index in [0.29, 0.717) is 0 Å². The summed E-state index contributed by atoms with van der Waals surface area (Å²) in [5.41, 5.74) is 19.4. The van der Waals surface area contributed by atoms with Crippen LogP contribution in [0.15, 0.2) is 217 Å². The lowest BCUT2D eigenvalue weighted by atomic mass is 9.82. The first-order valence-corrected chi connectivity index (χ1v) is 20.4. The highest BCUT2D eigenvalue weighted by molar-refractivity contribution is 6.11. The van der Waals surface area contributed by atoms with E-state index in [2.05, 4.69) is 225 Å². The van der Waals surface area contributed by atoms with E-state index >= 15 is 0 Å². The van der Waals surface area contributed by atoms with Crippen molar-refractivity contribution in [2.24, 2.45) is 0 Å². The molecular formula is C57H41NO. The van der Waals surface area contributed by atoms with Gasteiger partial charge in [0.1, 0.15) is 11.2 Å². The van der Waals surface area contributed by atoms with Crippen molar-refractivity contribution in [3.63, 3.8) is 0 Å². The van der Waals surface area contributed by atoms with Crippen LogP contribution < -0.4 is 4.90 Å². The van der Waals surface area contributed by atoms with Crippen molar-refractivity contribution in [1.29, 1.82) is 0 Å². The van der Waals surface area contributed by atoms with Gasteiger partial charge in [-0.25, -0.2) is 0 Å². The van der Waals surface area contributed by atoms with Gasteiger partial charge < -0.3 is 9.32 Å². The fraction of sp³-hybridized carbons (Fsp3) is 0.0526. The number of rotatable bonds is 7.